The van der Waals surface area contributed by atoms with E-state index in [4.69, 9.17) is 5.11 Å². The third kappa shape index (κ3) is 1.28. The number of rotatable bonds is 2. The number of aliphatic hydroxyl groups excluding tert-OH is 1. The van der Waals surface area contributed by atoms with Crippen LogP contribution in [0.3, 0.4) is 0 Å². The van der Waals surface area contributed by atoms with Crippen LogP contribution in [0.5, 0.6) is 0 Å². The second-order valence-electron chi connectivity index (χ2n) is 4.25. The van der Waals surface area contributed by atoms with Gasteiger partial charge in [0, 0.05) is 24.8 Å². The van der Waals surface area contributed by atoms with Crippen LogP contribution in [0.4, 0.5) is 0 Å². The van der Waals surface area contributed by atoms with Crippen molar-refractivity contribution in [3.8, 4) is 0 Å². The molecule has 80 valence electrons. The highest BCUT2D eigenvalue weighted by molar-refractivity contribution is 5.94. The minimum atomic E-state index is 0.0106. The van der Waals surface area contributed by atoms with E-state index in [1.165, 1.54) is 0 Å². The van der Waals surface area contributed by atoms with Gasteiger partial charge in [0.1, 0.15) is 5.69 Å². The molecular formula is C11H14N2O2. The molecule has 1 saturated carbocycles. The topological polar surface area (TPSA) is 45.5 Å². The Bertz CT molecular complexity index is 407. The first-order valence-electron chi connectivity index (χ1n) is 5.41. The molecule has 3 rings (SSSR count). The molecular weight excluding hydrogens is 192 g/mol. The minimum absolute atomic E-state index is 0.0106. The van der Waals surface area contributed by atoms with Crippen LogP contribution in [0, 0.1) is 0 Å². The van der Waals surface area contributed by atoms with Gasteiger partial charge in [-0.1, -0.05) is 0 Å². The first-order valence-corrected chi connectivity index (χ1v) is 5.41. The number of carbonyl (C=O) groups excluding carboxylic acids is 1. The molecule has 0 radical (unpaired) electrons. The van der Waals surface area contributed by atoms with Gasteiger partial charge in [-0.05, 0) is 25.0 Å². The molecule has 1 aliphatic carbocycles. The molecule has 15 heavy (non-hydrogen) atoms. The Balaban J connectivity index is 1.95. The van der Waals surface area contributed by atoms with Gasteiger partial charge >= 0.3 is 0 Å². The van der Waals surface area contributed by atoms with Crippen molar-refractivity contribution >= 4 is 5.91 Å². The van der Waals surface area contributed by atoms with Gasteiger partial charge in [-0.15, -0.1) is 0 Å². The van der Waals surface area contributed by atoms with Crippen LogP contribution >= 0.6 is 0 Å². The maximum atomic E-state index is 12.1. The van der Waals surface area contributed by atoms with Crippen molar-refractivity contribution < 1.29 is 9.90 Å². The quantitative estimate of drug-likeness (QED) is 0.770. The van der Waals surface area contributed by atoms with Crippen molar-refractivity contribution in [3.05, 3.63) is 23.5 Å². The summed E-state index contributed by atoms with van der Waals surface area (Å²) in [5.41, 5.74) is 1.57. The summed E-state index contributed by atoms with van der Waals surface area (Å²) in [6.07, 6.45) is 2.30. The van der Waals surface area contributed by atoms with Gasteiger partial charge in [-0.3, -0.25) is 4.79 Å². The number of carbonyl (C=O) groups is 1. The van der Waals surface area contributed by atoms with Crippen molar-refractivity contribution in [2.45, 2.75) is 32.0 Å². The largest absolute Gasteiger partial charge is 0.390 e. The maximum absolute atomic E-state index is 12.1. The number of hydrogen-bond acceptors (Lipinski definition) is 2. The number of aliphatic hydroxyl groups is 1. The Morgan fingerprint density at radius 2 is 2.13 bits per heavy atom. The Hall–Kier alpha value is -1.29. The van der Waals surface area contributed by atoms with E-state index in [9.17, 15) is 4.79 Å². The number of nitrogens with zero attached hydrogens (tertiary/aromatic N) is 2. The lowest BCUT2D eigenvalue weighted by atomic mass is 10.3. The van der Waals surface area contributed by atoms with Crippen molar-refractivity contribution in [1.29, 1.82) is 0 Å². The average molecular weight is 206 g/mol. The zero-order valence-corrected chi connectivity index (χ0v) is 8.52. The van der Waals surface area contributed by atoms with E-state index in [0.29, 0.717) is 6.04 Å². The van der Waals surface area contributed by atoms with Crippen LogP contribution in [0.15, 0.2) is 12.1 Å². The van der Waals surface area contributed by atoms with E-state index in [0.717, 1.165) is 37.3 Å². The van der Waals surface area contributed by atoms with Crippen LogP contribution in [0.1, 0.15) is 29.0 Å². The molecule has 4 nitrogen and oxygen atoms in total. The van der Waals surface area contributed by atoms with Crippen molar-refractivity contribution in [3.63, 3.8) is 0 Å². The van der Waals surface area contributed by atoms with E-state index in [1.54, 1.807) is 0 Å². The summed E-state index contributed by atoms with van der Waals surface area (Å²) >= 11 is 0. The molecule has 1 fully saturated rings. The van der Waals surface area contributed by atoms with E-state index in [-0.39, 0.29) is 12.5 Å². The second-order valence-corrected chi connectivity index (χ2v) is 4.25. The summed E-state index contributed by atoms with van der Waals surface area (Å²) in [5.74, 6) is 0.128. The zero-order valence-electron chi connectivity index (χ0n) is 8.52. The van der Waals surface area contributed by atoms with Crippen LogP contribution in [-0.2, 0) is 13.2 Å². The van der Waals surface area contributed by atoms with E-state index < -0.39 is 0 Å². The van der Waals surface area contributed by atoms with Crippen LogP contribution in [-0.4, -0.2) is 33.1 Å². The lowest BCUT2D eigenvalue weighted by molar-refractivity contribution is 0.0687. The molecule has 1 amide bonds. The van der Waals surface area contributed by atoms with Gasteiger partial charge < -0.3 is 14.6 Å². The van der Waals surface area contributed by atoms with Crippen LogP contribution in [0.25, 0.3) is 0 Å². The second kappa shape index (κ2) is 3.10. The highest BCUT2D eigenvalue weighted by atomic mass is 16.3. The van der Waals surface area contributed by atoms with E-state index >= 15 is 0 Å². The fourth-order valence-electron chi connectivity index (χ4n) is 2.29. The van der Waals surface area contributed by atoms with Crippen molar-refractivity contribution in [2.75, 3.05) is 6.54 Å². The van der Waals surface area contributed by atoms with Crippen molar-refractivity contribution in [1.82, 2.24) is 9.47 Å². The lowest BCUT2D eigenvalue weighted by Crippen LogP contribution is -2.41. The minimum Gasteiger partial charge on any atom is -0.390 e. The molecule has 0 aromatic carbocycles. The molecule has 0 atom stereocenters. The fraction of sp³-hybridized carbons (Fsp3) is 0.545. The molecule has 2 aliphatic rings. The average Bonchev–Trinajstić information content (AvgIpc) is 2.98. The third-order valence-electron chi connectivity index (χ3n) is 3.27. The zero-order chi connectivity index (χ0) is 10.4. The molecule has 0 saturated heterocycles. The lowest BCUT2D eigenvalue weighted by Gasteiger charge is -2.29. The Kier molecular flexibility index (Phi) is 1.85. The first kappa shape index (κ1) is 8.97. The van der Waals surface area contributed by atoms with Gasteiger partial charge in [0.05, 0.1) is 6.61 Å². The molecule has 1 aromatic rings. The van der Waals surface area contributed by atoms with E-state index in [2.05, 4.69) is 0 Å². The molecule has 4 heteroatoms. The smallest absolute Gasteiger partial charge is 0.270 e. The molecule has 2 heterocycles. The number of amides is 1. The summed E-state index contributed by atoms with van der Waals surface area (Å²) in [6.45, 7) is 1.62. The highest BCUT2D eigenvalue weighted by Gasteiger charge is 2.36. The SMILES string of the molecule is O=C1c2ccc(CO)n2CCN1C1CC1. The molecule has 1 aliphatic heterocycles. The van der Waals surface area contributed by atoms with Gasteiger partial charge in [0.15, 0.2) is 0 Å². The molecule has 0 bridgehead atoms. The normalized spacial score (nSPS) is 20.6. The molecule has 1 N–H and O–H groups in total. The van der Waals surface area contributed by atoms with Crippen LogP contribution in [0.2, 0.25) is 0 Å². The predicted octanol–water partition coefficient (Wildman–Crippen LogP) is 0.599. The first-order chi connectivity index (χ1) is 7.31. The number of fused-ring (bicyclic) bond motifs is 1. The fourth-order valence-corrected chi connectivity index (χ4v) is 2.29. The maximum Gasteiger partial charge on any atom is 0.270 e. The Labute approximate surface area is 88.1 Å². The summed E-state index contributed by atoms with van der Waals surface area (Å²) in [5, 5.41) is 9.11. The number of hydrogen-bond donors (Lipinski definition) is 1. The molecule has 1 aromatic heterocycles. The highest BCUT2D eigenvalue weighted by Crippen LogP contribution is 2.30. The van der Waals surface area contributed by atoms with Gasteiger partial charge in [0.2, 0.25) is 0 Å². The molecule has 0 unspecified atom stereocenters. The molecule has 0 spiro atoms. The summed E-state index contributed by atoms with van der Waals surface area (Å²) < 4.78 is 1.93. The standard InChI is InChI=1S/C11H14N2O2/c14-7-9-3-4-10-11(15)13(8-1-2-8)6-5-12(9)10/h3-4,8,14H,1-2,5-7H2. The summed E-state index contributed by atoms with van der Waals surface area (Å²) in [7, 11) is 0. The Morgan fingerprint density at radius 3 is 2.80 bits per heavy atom. The summed E-state index contributed by atoms with van der Waals surface area (Å²) in [4.78, 5) is 14.0. The Morgan fingerprint density at radius 1 is 1.33 bits per heavy atom. The third-order valence-corrected chi connectivity index (χ3v) is 3.27. The van der Waals surface area contributed by atoms with Gasteiger partial charge in [-0.2, -0.15) is 0 Å². The van der Waals surface area contributed by atoms with E-state index in [1.807, 2.05) is 21.6 Å². The van der Waals surface area contributed by atoms with Gasteiger partial charge in [-0.25, -0.2) is 0 Å². The predicted molar refractivity (Wildman–Crippen MR) is 54.4 cm³/mol. The monoisotopic (exact) mass is 206 g/mol. The van der Waals surface area contributed by atoms with Gasteiger partial charge in [0.25, 0.3) is 5.91 Å². The number of aromatic nitrogens is 1. The van der Waals surface area contributed by atoms with Crippen LogP contribution < -0.4 is 0 Å². The summed E-state index contributed by atoms with van der Waals surface area (Å²) in [6, 6.07) is 4.14. The van der Waals surface area contributed by atoms with Crippen molar-refractivity contribution in [2.24, 2.45) is 0 Å².